The quantitative estimate of drug-likeness (QED) is 0.877. The van der Waals surface area contributed by atoms with Crippen LogP contribution in [0.1, 0.15) is 50.5 Å². The summed E-state index contributed by atoms with van der Waals surface area (Å²) in [4.78, 5) is 15.7. The molecule has 4 bridgehead atoms. The first-order valence-electron chi connectivity index (χ1n) is 10.8. The number of hydrogen-bond donors (Lipinski definition) is 1. The Kier molecular flexibility index (Phi) is 4.31. The van der Waals surface area contributed by atoms with E-state index in [-0.39, 0.29) is 5.41 Å². The van der Waals surface area contributed by atoms with Gasteiger partial charge in [-0.1, -0.05) is 30.3 Å². The van der Waals surface area contributed by atoms with Crippen molar-refractivity contribution in [1.82, 2.24) is 10.2 Å². The zero-order valence-electron chi connectivity index (χ0n) is 15.8. The van der Waals surface area contributed by atoms with E-state index in [0.717, 1.165) is 50.2 Å². The Bertz CT molecular complexity index is 620. The van der Waals surface area contributed by atoms with Crippen LogP contribution in [-0.2, 0) is 11.2 Å². The van der Waals surface area contributed by atoms with Crippen LogP contribution in [0.15, 0.2) is 30.3 Å². The van der Waals surface area contributed by atoms with E-state index in [0.29, 0.717) is 11.9 Å². The Morgan fingerprint density at radius 3 is 2.35 bits per heavy atom. The molecule has 1 aromatic rings. The number of hydrogen-bond acceptors (Lipinski definition) is 2. The average molecular weight is 353 g/mol. The molecule has 0 spiro atoms. The van der Waals surface area contributed by atoms with Gasteiger partial charge in [0.1, 0.15) is 0 Å². The van der Waals surface area contributed by atoms with Crippen LogP contribution in [-0.4, -0.2) is 36.5 Å². The second-order valence-electron chi connectivity index (χ2n) is 9.69. The van der Waals surface area contributed by atoms with Crippen molar-refractivity contribution in [2.24, 2.45) is 23.2 Å². The fraction of sp³-hybridized carbons (Fsp3) is 0.696. The minimum atomic E-state index is 0.00616. The molecule has 1 aromatic carbocycles. The largest absolute Gasteiger partial charge is 0.352 e. The van der Waals surface area contributed by atoms with E-state index in [1.165, 1.54) is 44.1 Å². The number of amides is 1. The number of nitrogens with zero attached hydrogens (tertiary/aromatic N) is 1. The highest BCUT2D eigenvalue weighted by atomic mass is 16.2. The molecule has 1 saturated heterocycles. The monoisotopic (exact) mass is 352 g/mol. The van der Waals surface area contributed by atoms with E-state index >= 15 is 0 Å². The maximum Gasteiger partial charge on any atom is 0.226 e. The lowest BCUT2D eigenvalue weighted by atomic mass is 9.49. The lowest BCUT2D eigenvalue weighted by Crippen LogP contribution is -2.55. The molecule has 3 heteroatoms. The van der Waals surface area contributed by atoms with Gasteiger partial charge in [0.05, 0.1) is 0 Å². The number of likely N-dealkylation sites (tertiary alicyclic amines) is 1. The Morgan fingerprint density at radius 1 is 1.04 bits per heavy atom. The first-order valence-corrected chi connectivity index (χ1v) is 10.8. The van der Waals surface area contributed by atoms with Crippen LogP contribution >= 0.6 is 0 Å². The third-order valence-corrected chi connectivity index (χ3v) is 7.69. The molecule has 5 fully saturated rings. The third-order valence-electron chi connectivity index (χ3n) is 7.69. The maximum atomic E-state index is 13.2. The molecule has 6 rings (SSSR count). The Balaban J connectivity index is 1.14. The van der Waals surface area contributed by atoms with Crippen molar-refractivity contribution < 1.29 is 4.79 Å². The van der Waals surface area contributed by atoms with Crippen molar-refractivity contribution in [2.45, 2.75) is 57.4 Å². The van der Waals surface area contributed by atoms with Crippen molar-refractivity contribution in [2.75, 3.05) is 19.6 Å². The van der Waals surface area contributed by atoms with E-state index in [2.05, 4.69) is 40.5 Å². The Morgan fingerprint density at radius 2 is 1.69 bits per heavy atom. The van der Waals surface area contributed by atoms with Gasteiger partial charge >= 0.3 is 0 Å². The number of rotatable bonds is 5. The molecule has 4 saturated carbocycles. The molecule has 3 nitrogen and oxygen atoms in total. The summed E-state index contributed by atoms with van der Waals surface area (Å²) in [5.41, 5.74) is 1.42. The molecule has 0 aromatic heterocycles. The second kappa shape index (κ2) is 6.67. The first kappa shape index (κ1) is 16.8. The maximum absolute atomic E-state index is 13.2. The zero-order valence-corrected chi connectivity index (χ0v) is 15.8. The molecule has 1 amide bonds. The zero-order chi connectivity index (χ0) is 17.6. The summed E-state index contributed by atoms with van der Waals surface area (Å²) in [7, 11) is 0. The summed E-state index contributed by atoms with van der Waals surface area (Å²) < 4.78 is 0. The van der Waals surface area contributed by atoms with Crippen LogP contribution < -0.4 is 5.32 Å². The van der Waals surface area contributed by atoms with Crippen molar-refractivity contribution in [3.8, 4) is 0 Å². The second-order valence-corrected chi connectivity index (χ2v) is 9.69. The molecule has 5 aliphatic rings. The van der Waals surface area contributed by atoms with Gasteiger partial charge in [-0.3, -0.25) is 4.79 Å². The van der Waals surface area contributed by atoms with Gasteiger partial charge in [0.15, 0.2) is 0 Å². The van der Waals surface area contributed by atoms with Crippen LogP contribution in [0.5, 0.6) is 0 Å². The molecular formula is C23H32N2O. The molecular weight excluding hydrogens is 320 g/mol. The van der Waals surface area contributed by atoms with Gasteiger partial charge in [-0.05, 0) is 74.7 Å². The van der Waals surface area contributed by atoms with Gasteiger partial charge in [0.2, 0.25) is 5.91 Å². The molecule has 0 radical (unpaired) electrons. The molecule has 140 valence electrons. The van der Waals surface area contributed by atoms with Gasteiger partial charge in [-0.2, -0.15) is 0 Å². The van der Waals surface area contributed by atoms with E-state index in [9.17, 15) is 4.79 Å². The van der Waals surface area contributed by atoms with Crippen LogP contribution in [0.3, 0.4) is 0 Å². The minimum Gasteiger partial charge on any atom is -0.352 e. The first-order chi connectivity index (χ1) is 12.7. The normalized spacial score (nSPS) is 38.6. The highest BCUT2D eigenvalue weighted by Crippen LogP contribution is 2.60. The fourth-order valence-corrected chi connectivity index (χ4v) is 6.81. The van der Waals surface area contributed by atoms with E-state index in [1.54, 1.807) is 0 Å². The summed E-state index contributed by atoms with van der Waals surface area (Å²) in [5.74, 6) is 2.94. The van der Waals surface area contributed by atoms with Crippen LogP contribution in [0.2, 0.25) is 0 Å². The van der Waals surface area contributed by atoms with E-state index < -0.39 is 0 Å². The molecule has 1 heterocycles. The van der Waals surface area contributed by atoms with Gasteiger partial charge in [-0.25, -0.2) is 0 Å². The van der Waals surface area contributed by atoms with Crippen LogP contribution in [0.4, 0.5) is 0 Å². The van der Waals surface area contributed by atoms with Gasteiger partial charge in [-0.15, -0.1) is 0 Å². The summed E-state index contributed by atoms with van der Waals surface area (Å²) >= 11 is 0. The summed E-state index contributed by atoms with van der Waals surface area (Å²) in [6.07, 6.45) is 9.97. The number of carbonyl (C=O) groups excluding carboxylic acids is 1. The highest BCUT2D eigenvalue weighted by molar-refractivity contribution is 5.83. The van der Waals surface area contributed by atoms with Crippen molar-refractivity contribution in [3.05, 3.63) is 35.9 Å². The smallest absolute Gasteiger partial charge is 0.226 e. The number of carbonyl (C=O) groups is 1. The van der Waals surface area contributed by atoms with E-state index in [4.69, 9.17) is 0 Å². The van der Waals surface area contributed by atoms with Crippen molar-refractivity contribution in [1.29, 1.82) is 0 Å². The minimum absolute atomic E-state index is 0.00616. The topological polar surface area (TPSA) is 32.3 Å². The van der Waals surface area contributed by atoms with Gasteiger partial charge in [0, 0.05) is 31.1 Å². The predicted molar refractivity (Wildman–Crippen MR) is 104 cm³/mol. The number of nitrogens with one attached hydrogen (secondary N) is 1. The lowest BCUT2D eigenvalue weighted by Gasteiger charge is -2.55. The Labute approximate surface area is 157 Å². The summed E-state index contributed by atoms with van der Waals surface area (Å²) in [6, 6.07) is 11.1. The van der Waals surface area contributed by atoms with Gasteiger partial charge < -0.3 is 10.2 Å². The standard InChI is InChI=1S/C23H32N2O/c26-22(23-13-18-10-19(14-23)12-20(11-18)15-23)24-21-7-9-25(16-21)8-6-17-4-2-1-3-5-17/h1-5,18-21H,6-16H2,(H,24,26). The molecule has 1 unspecified atom stereocenters. The lowest BCUT2D eigenvalue weighted by molar-refractivity contribution is -0.146. The van der Waals surface area contributed by atoms with Crippen LogP contribution in [0.25, 0.3) is 0 Å². The van der Waals surface area contributed by atoms with E-state index in [1.807, 2.05) is 0 Å². The average Bonchev–Trinajstić information content (AvgIpc) is 3.07. The Hall–Kier alpha value is -1.35. The fourth-order valence-electron chi connectivity index (χ4n) is 6.81. The highest BCUT2D eigenvalue weighted by Gasteiger charge is 2.54. The number of benzene rings is 1. The SMILES string of the molecule is O=C(NC1CCN(CCc2ccccc2)C1)C12CC3CC(CC(C3)C1)C2. The van der Waals surface area contributed by atoms with Gasteiger partial charge in [0.25, 0.3) is 0 Å². The molecule has 1 aliphatic heterocycles. The van der Waals surface area contributed by atoms with Crippen molar-refractivity contribution in [3.63, 3.8) is 0 Å². The van der Waals surface area contributed by atoms with Crippen LogP contribution in [0, 0.1) is 23.2 Å². The molecule has 4 aliphatic carbocycles. The van der Waals surface area contributed by atoms with Crippen molar-refractivity contribution >= 4 is 5.91 Å². The molecule has 26 heavy (non-hydrogen) atoms. The molecule has 1 N–H and O–H groups in total. The summed E-state index contributed by atoms with van der Waals surface area (Å²) in [5, 5.41) is 3.48. The molecule has 1 atom stereocenters. The third kappa shape index (κ3) is 3.19. The summed E-state index contributed by atoms with van der Waals surface area (Å²) in [6.45, 7) is 3.26. The predicted octanol–water partition coefficient (Wildman–Crippen LogP) is 3.64.